The van der Waals surface area contributed by atoms with Gasteiger partial charge in [0.2, 0.25) is 0 Å². The lowest BCUT2D eigenvalue weighted by Gasteiger charge is -2.19. The smallest absolute Gasteiger partial charge is 0.192 e. The molecule has 0 saturated heterocycles. The first-order chi connectivity index (χ1) is 5.95. The zero-order chi connectivity index (χ0) is 10.1. The number of hydrogen-bond donors (Lipinski definition) is 0. The monoisotopic (exact) mass is 201 g/mol. The molecule has 2 atom stereocenters. The highest BCUT2D eigenvalue weighted by Gasteiger charge is 2.20. The van der Waals surface area contributed by atoms with Gasteiger partial charge in [-0.25, -0.2) is 13.4 Å². The largest absolute Gasteiger partial charge is 0.249 e. The minimum absolute atomic E-state index is 0.213. The van der Waals surface area contributed by atoms with Gasteiger partial charge in [-0.15, -0.1) is 0 Å². The number of nitrogens with zero attached hydrogens (tertiary/aromatic N) is 1. The third-order valence-electron chi connectivity index (χ3n) is 2.33. The van der Waals surface area contributed by atoms with E-state index in [0.717, 1.165) is 6.42 Å². The summed E-state index contributed by atoms with van der Waals surface area (Å²) in [5.74, 6) is 0.651. The van der Waals surface area contributed by atoms with Gasteiger partial charge in [-0.05, 0) is 18.4 Å². The predicted octanol–water partition coefficient (Wildman–Crippen LogP) is 1.62. The molecule has 1 heterocycles. The van der Waals surface area contributed by atoms with Crippen molar-refractivity contribution in [1.82, 2.24) is 0 Å². The van der Waals surface area contributed by atoms with E-state index in [9.17, 15) is 8.42 Å². The summed E-state index contributed by atoms with van der Waals surface area (Å²) in [5.41, 5.74) is 0. The summed E-state index contributed by atoms with van der Waals surface area (Å²) in [6.07, 6.45) is 5.68. The van der Waals surface area contributed by atoms with E-state index in [1.54, 1.807) is 12.3 Å². The van der Waals surface area contributed by atoms with E-state index in [-0.39, 0.29) is 10.9 Å². The van der Waals surface area contributed by atoms with Gasteiger partial charge in [-0.3, -0.25) is 0 Å². The maximum atomic E-state index is 11.1. The highest BCUT2D eigenvalue weighted by atomic mass is 32.2. The van der Waals surface area contributed by atoms with Gasteiger partial charge < -0.3 is 0 Å². The van der Waals surface area contributed by atoms with Crippen molar-refractivity contribution in [1.29, 1.82) is 0 Å². The zero-order valence-corrected chi connectivity index (χ0v) is 9.00. The van der Waals surface area contributed by atoms with Crippen molar-refractivity contribution >= 4 is 16.1 Å². The number of hydrogen-bond acceptors (Lipinski definition) is 3. The first-order valence-corrected chi connectivity index (χ1v) is 6.30. The van der Waals surface area contributed by atoms with Crippen LogP contribution in [0.1, 0.15) is 20.3 Å². The van der Waals surface area contributed by atoms with Crippen molar-refractivity contribution in [2.75, 3.05) is 6.26 Å². The van der Waals surface area contributed by atoms with E-state index >= 15 is 0 Å². The normalized spacial score (nSPS) is 28.7. The van der Waals surface area contributed by atoms with Crippen molar-refractivity contribution in [2.24, 2.45) is 16.8 Å². The van der Waals surface area contributed by atoms with Crippen LogP contribution in [0.5, 0.6) is 0 Å². The summed E-state index contributed by atoms with van der Waals surface area (Å²) in [6.45, 7) is 4.09. The fraction of sp³-hybridized carbons (Fsp3) is 0.667. The molecule has 0 aromatic heterocycles. The molecule has 0 aliphatic carbocycles. The van der Waals surface area contributed by atoms with Crippen LogP contribution in [0.4, 0.5) is 0 Å². The Morgan fingerprint density at radius 3 is 2.54 bits per heavy atom. The number of sulfone groups is 1. The van der Waals surface area contributed by atoms with Gasteiger partial charge in [0.1, 0.15) is 0 Å². The Hall–Kier alpha value is -0.640. The van der Waals surface area contributed by atoms with Crippen LogP contribution in [0.25, 0.3) is 0 Å². The maximum Gasteiger partial charge on any atom is 0.192 e. The molecule has 13 heavy (non-hydrogen) atoms. The van der Waals surface area contributed by atoms with Crippen LogP contribution in [-0.4, -0.2) is 20.9 Å². The molecular weight excluding hydrogens is 186 g/mol. The third kappa shape index (κ3) is 2.40. The Labute approximate surface area is 79.5 Å². The summed E-state index contributed by atoms with van der Waals surface area (Å²) in [5, 5.41) is 0.213. The molecule has 0 aromatic rings. The molecule has 0 N–H and O–H groups in total. The van der Waals surface area contributed by atoms with Crippen molar-refractivity contribution < 1.29 is 8.42 Å². The van der Waals surface area contributed by atoms with E-state index in [1.807, 2.05) is 6.92 Å². The Balaban J connectivity index is 2.92. The van der Waals surface area contributed by atoms with Crippen LogP contribution in [-0.2, 0) is 9.84 Å². The SMILES string of the molecule is CCC1C=NC(S(C)(=O)=O)=CC1C. The third-order valence-corrected chi connectivity index (χ3v) is 3.33. The fourth-order valence-corrected chi connectivity index (χ4v) is 2.11. The Morgan fingerprint density at radius 2 is 2.15 bits per heavy atom. The molecule has 0 saturated carbocycles. The van der Waals surface area contributed by atoms with Gasteiger partial charge in [-0.1, -0.05) is 13.8 Å². The van der Waals surface area contributed by atoms with Crippen molar-refractivity contribution in [2.45, 2.75) is 20.3 Å². The topological polar surface area (TPSA) is 46.5 Å². The molecule has 1 rings (SSSR count). The Kier molecular flexibility index (Phi) is 2.91. The van der Waals surface area contributed by atoms with Gasteiger partial charge >= 0.3 is 0 Å². The lowest BCUT2D eigenvalue weighted by atomic mass is 9.91. The van der Waals surface area contributed by atoms with E-state index in [2.05, 4.69) is 11.9 Å². The molecule has 3 nitrogen and oxygen atoms in total. The molecule has 0 bridgehead atoms. The second kappa shape index (κ2) is 3.62. The highest BCUT2D eigenvalue weighted by molar-refractivity contribution is 7.94. The van der Waals surface area contributed by atoms with Gasteiger partial charge in [0, 0.05) is 18.4 Å². The molecule has 1 aliphatic rings. The molecule has 0 radical (unpaired) electrons. The Morgan fingerprint density at radius 1 is 1.54 bits per heavy atom. The molecule has 74 valence electrons. The van der Waals surface area contributed by atoms with Crippen molar-refractivity contribution in [3.8, 4) is 0 Å². The summed E-state index contributed by atoms with van der Waals surface area (Å²) in [7, 11) is -3.13. The van der Waals surface area contributed by atoms with Crippen LogP contribution in [0.15, 0.2) is 16.1 Å². The number of aliphatic imine (C=N–C) groups is 1. The average Bonchev–Trinajstić information content (AvgIpc) is 2.02. The maximum absolute atomic E-state index is 11.1. The highest BCUT2D eigenvalue weighted by Crippen LogP contribution is 2.23. The van der Waals surface area contributed by atoms with Crippen molar-refractivity contribution in [3.63, 3.8) is 0 Å². The quantitative estimate of drug-likeness (QED) is 0.681. The van der Waals surface area contributed by atoms with Crippen LogP contribution >= 0.6 is 0 Å². The van der Waals surface area contributed by atoms with Gasteiger partial charge in [0.05, 0.1) is 0 Å². The van der Waals surface area contributed by atoms with E-state index in [1.165, 1.54) is 6.26 Å². The molecule has 2 unspecified atom stereocenters. The van der Waals surface area contributed by atoms with E-state index in [4.69, 9.17) is 0 Å². The second-order valence-electron chi connectivity index (χ2n) is 3.49. The minimum Gasteiger partial charge on any atom is -0.249 e. The Bertz CT molecular complexity index is 341. The van der Waals surface area contributed by atoms with E-state index < -0.39 is 9.84 Å². The fourth-order valence-electron chi connectivity index (χ4n) is 1.39. The minimum atomic E-state index is -3.13. The molecule has 4 heteroatoms. The summed E-state index contributed by atoms with van der Waals surface area (Å²) in [4.78, 5) is 3.95. The molecule has 0 spiro atoms. The van der Waals surface area contributed by atoms with Gasteiger partial charge in [-0.2, -0.15) is 0 Å². The van der Waals surface area contributed by atoms with Crippen molar-refractivity contribution in [3.05, 3.63) is 11.1 Å². The van der Waals surface area contributed by atoms with Gasteiger partial charge in [0.25, 0.3) is 0 Å². The lowest BCUT2D eigenvalue weighted by molar-refractivity contribution is 0.527. The number of rotatable bonds is 2. The predicted molar refractivity (Wildman–Crippen MR) is 54.4 cm³/mol. The van der Waals surface area contributed by atoms with Crippen LogP contribution in [0.3, 0.4) is 0 Å². The second-order valence-corrected chi connectivity index (χ2v) is 5.45. The summed E-state index contributed by atoms with van der Waals surface area (Å²) in [6, 6.07) is 0. The van der Waals surface area contributed by atoms with Crippen LogP contribution in [0.2, 0.25) is 0 Å². The first-order valence-electron chi connectivity index (χ1n) is 4.41. The molecule has 1 aliphatic heterocycles. The molecule has 0 fully saturated rings. The average molecular weight is 201 g/mol. The lowest BCUT2D eigenvalue weighted by Crippen LogP contribution is -2.16. The zero-order valence-electron chi connectivity index (χ0n) is 8.19. The van der Waals surface area contributed by atoms with Gasteiger partial charge in [0.15, 0.2) is 14.9 Å². The molecule has 0 aromatic carbocycles. The first kappa shape index (κ1) is 10.4. The standard InChI is InChI=1S/C9H15NO2S/c1-4-8-6-10-9(5-7(8)2)13(3,11)12/h5-8H,4H2,1-3H3. The number of allylic oxidation sites excluding steroid dienone is 1. The summed E-state index contributed by atoms with van der Waals surface area (Å²) >= 11 is 0. The van der Waals surface area contributed by atoms with E-state index in [0.29, 0.717) is 5.92 Å². The summed E-state index contributed by atoms with van der Waals surface area (Å²) < 4.78 is 22.3. The molecular formula is C9H15NO2S. The molecule has 0 amide bonds. The van der Waals surface area contributed by atoms with Crippen LogP contribution in [0, 0.1) is 11.8 Å². The van der Waals surface area contributed by atoms with Crippen LogP contribution < -0.4 is 0 Å².